The van der Waals surface area contributed by atoms with E-state index in [1.807, 2.05) is 17.8 Å². The van der Waals surface area contributed by atoms with Crippen LogP contribution < -0.4 is 10.6 Å². The van der Waals surface area contributed by atoms with Crippen molar-refractivity contribution < 1.29 is 0 Å². The molecular formula is C20H18N2S2. The number of thiocarbonyl (C=S) groups is 1. The molecule has 0 aromatic heterocycles. The highest BCUT2D eigenvalue weighted by Gasteiger charge is 2.30. The van der Waals surface area contributed by atoms with Crippen molar-refractivity contribution in [1.82, 2.24) is 10.6 Å². The van der Waals surface area contributed by atoms with Crippen molar-refractivity contribution in [3.05, 3.63) is 88.6 Å². The van der Waals surface area contributed by atoms with E-state index in [1.165, 1.54) is 28.0 Å². The number of rotatable bonds is 2. The first-order valence-electron chi connectivity index (χ1n) is 8.00. The molecule has 1 unspecified atom stereocenters. The highest BCUT2D eigenvalue weighted by Crippen LogP contribution is 2.37. The minimum atomic E-state index is 0.155. The van der Waals surface area contributed by atoms with Gasteiger partial charge in [-0.25, -0.2) is 0 Å². The maximum atomic E-state index is 5.48. The van der Waals surface area contributed by atoms with Crippen LogP contribution in [0.25, 0.3) is 6.08 Å². The van der Waals surface area contributed by atoms with Crippen molar-refractivity contribution in [1.29, 1.82) is 0 Å². The second-order valence-corrected chi connectivity index (χ2v) is 7.31. The molecule has 2 nitrogen and oxygen atoms in total. The molecule has 0 spiro atoms. The molecule has 24 heavy (non-hydrogen) atoms. The smallest absolute Gasteiger partial charge is 0.171 e. The number of hydrogen-bond acceptors (Lipinski definition) is 2. The normalized spacial score (nSPS) is 21.9. The summed E-state index contributed by atoms with van der Waals surface area (Å²) in [5.74, 6) is 2.02. The van der Waals surface area contributed by atoms with Gasteiger partial charge in [-0.3, -0.25) is 0 Å². The second-order valence-electron chi connectivity index (χ2n) is 5.92. The van der Waals surface area contributed by atoms with Gasteiger partial charge in [0.05, 0.1) is 6.04 Å². The number of allylic oxidation sites excluding steroid dienone is 1. The van der Waals surface area contributed by atoms with Crippen LogP contribution in [0, 0.1) is 0 Å². The topological polar surface area (TPSA) is 24.1 Å². The monoisotopic (exact) mass is 350 g/mol. The lowest BCUT2D eigenvalue weighted by Crippen LogP contribution is -2.45. The standard InChI is InChI=1S/C20H18N2S2/c23-20-21-18(15-9-5-2-6-10-15)17-13-24-12-16(19(17)22-20)11-14-7-3-1-4-8-14/h1-11,18H,12-13H2,(H2,21,22,23)/b16-11+. The van der Waals surface area contributed by atoms with Gasteiger partial charge in [-0.15, -0.1) is 0 Å². The summed E-state index contributed by atoms with van der Waals surface area (Å²) in [6, 6.07) is 21.2. The summed E-state index contributed by atoms with van der Waals surface area (Å²) in [5, 5.41) is 7.55. The van der Waals surface area contributed by atoms with E-state index in [1.54, 1.807) is 0 Å². The third kappa shape index (κ3) is 3.12. The van der Waals surface area contributed by atoms with Gasteiger partial charge in [0.15, 0.2) is 5.11 Å². The Balaban J connectivity index is 1.77. The summed E-state index contributed by atoms with van der Waals surface area (Å²) in [5.41, 5.74) is 6.39. The number of benzene rings is 2. The molecule has 120 valence electrons. The van der Waals surface area contributed by atoms with E-state index in [0.29, 0.717) is 5.11 Å². The molecule has 0 aliphatic carbocycles. The maximum Gasteiger partial charge on any atom is 0.171 e. The van der Waals surface area contributed by atoms with Crippen LogP contribution in [-0.2, 0) is 0 Å². The largest absolute Gasteiger partial charge is 0.352 e. The molecule has 2 aliphatic rings. The lowest BCUT2D eigenvalue weighted by molar-refractivity contribution is 0.694. The van der Waals surface area contributed by atoms with Gasteiger partial charge >= 0.3 is 0 Å². The fourth-order valence-electron chi connectivity index (χ4n) is 3.17. The van der Waals surface area contributed by atoms with Crippen LogP contribution in [0.2, 0.25) is 0 Å². The van der Waals surface area contributed by atoms with Crippen molar-refractivity contribution in [2.75, 3.05) is 11.5 Å². The lowest BCUT2D eigenvalue weighted by Gasteiger charge is -2.35. The van der Waals surface area contributed by atoms with E-state index in [9.17, 15) is 0 Å². The molecular weight excluding hydrogens is 332 g/mol. The van der Waals surface area contributed by atoms with Crippen LogP contribution in [0.15, 0.2) is 77.5 Å². The van der Waals surface area contributed by atoms with Crippen molar-refractivity contribution in [3.8, 4) is 0 Å². The summed E-state index contributed by atoms with van der Waals surface area (Å²) in [4.78, 5) is 0. The van der Waals surface area contributed by atoms with E-state index < -0.39 is 0 Å². The predicted molar refractivity (Wildman–Crippen MR) is 107 cm³/mol. The molecule has 2 N–H and O–H groups in total. The maximum absolute atomic E-state index is 5.48. The van der Waals surface area contributed by atoms with Crippen LogP contribution in [0.3, 0.4) is 0 Å². The molecule has 0 bridgehead atoms. The van der Waals surface area contributed by atoms with E-state index in [4.69, 9.17) is 12.2 Å². The molecule has 0 radical (unpaired) electrons. The van der Waals surface area contributed by atoms with E-state index in [2.05, 4.69) is 71.3 Å². The minimum Gasteiger partial charge on any atom is -0.352 e. The van der Waals surface area contributed by atoms with E-state index >= 15 is 0 Å². The van der Waals surface area contributed by atoms with Crippen LogP contribution >= 0.6 is 24.0 Å². The minimum absolute atomic E-state index is 0.155. The Morgan fingerprint density at radius 1 is 0.958 bits per heavy atom. The molecule has 0 saturated heterocycles. The molecule has 4 rings (SSSR count). The Bertz CT molecular complexity index is 810. The third-order valence-corrected chi connectivity index (χ3v) is 5.54. The summed E-state index contributed by atoms with van der Waals surface area (Å²) < 4.78 is 0. The molecule has 0 amide bonds. The highest BCUT2D eigenvalue weighted by atomic mass is 32.2. The Labute approximate surface area is 152 Å². The van der Waals surface area contributed by atoms with Crippen molar-refractivity contribution in [2.24, 2.45) is 0 Å². The summed E-state index contributed by atoms with van der Waals surface area (Å²) in [7, 11) is 0. The van der Waals surface area contributed by atoms with Gasteiger partial charge in [0, 0.05) is 17.2 Å². The first-order valence-corrected chi connectivity index (χ1v) is 9.57. The van der Waals surface area contributed by atoms with Gasteiger partial charge in [-0.1, -0.05) is 60.7 Å². The van der Waals surface area contributed by atoms with Crippen LogP contribution in [0.5, 0.6) is 0 Å². The molecule has 2 aromatic carbocycles. The van der Waals surface area contributed by atoms with Gasteiger partial charge in [0.2, 0.25) is 0 Å². The van der Waals surface area contributed by atoms with Crippen molar-refractivity contribution >= 4 is 35.2 Å². The van der Waals surface area contributed by atoms with Gasteiger partial charge in [-0.05, 0) is 40.6 Å². The fraction of sp³-hybridized carbons (Fsp3) is 0.150. The highest BCUT2D eigenvalue weighted by molar-refractivity contribution is 7.99. The number of thioether (sulfide) groups is 1. The first-order chi connectivity index (χ1) is 11.8. The fourth-order valence-corrected chi connectivity index (χ4v) is 4.47. The molecule has 1 atom stereocenters. The molecule has 4 heteroatoms. The molecule has 0 fully saturated rings. The zero-order valence-corrected chi connectivity index (χ0v) is 14.8. The van der Waals surface area contributed by atoms with Gasteiger partial charge in [0.25, 0.3) is 0 Å². The first kappa shape index (κ1) is 15.5. The molecule has 0 saturated carbocycles. The van der Waals surface area contributed by atoms with Crippen molar-refractivity contribution in [3.63, 3.8) is 0 Å². The zero-order valence-electron chi connectivity index (χ0n) is 13.2. The van der Waals surface area contributed by atoms with E-state index in [-0.39, 0.29) is 6.04 Å². The van der Waals surface area contributed by atoms with Gasteiger partial charge in [-0.2, -0.15) is 11.8 Å². The van der Waals surface area contributed by atoms with Crippen LogP contribution in [0.1, 0.15) is 17.2 Å². The lowest BCUT2D eigenvalue weighted by atomic mass is 9.93. The number of hydrogen-bond donors (Lipinski definition) is 2. The molecule has 2 aliphatic heterocycles. The van der Waals surface area contributed by atoms with Crippen LogP contribution in [0.4, 0.5) is 0 Å². The average molecular weight is 351 g/mol. The van der Waals surface area contributed by atoms with Crippen LogP contribution in [-0.4, -0.2) is 16.6 Å². The van der Waals surface area contributed by atoms with Gasteiger partial charge in [0.1, 0.15) is 0 Å². The Morgan fingerprint density at radius 2 is 1.67 bits per heavy atom. The number of nitrogens with one attached hydrogen (secondary N) is 2. The Hall–Kier alpha value is -2.04. The summed E-state index contributed by atoms with van der Waals surface area (Å²) >= 11 is 7.44. The third-order valence-electron chi connectivity index (χ3n) is 4.29. The second kappa shape index (κ2) is 6.83. The predicted octanol–water partition coefficient (Wildman–Crippen LogP) is 4.29. The quantitative estimate of drug-likeness (QED) is 0.789. The Morgan fingerprint density at radius 3 is 2.42 bits per heavy atom. The zero-order chi connectivity index (χ0) is 16.4. The molecule has 2 aromatic rings. The SMILES string of the molecule is S=C1NC2=C(CSC/C2=C\c2ccccc2)C(c2ccccc2)N1. The van der Waals surface area contributed by atoms with Gasteiger partial charge < -0.3 is 10.6 Å². The average Bonchev–Trinajstić information content (AvgIpc) is 2.63. The summed E-state index contributed by atoms with van der Waals surface area (Å²) in [6.45, 7) is 0. The Kier molecular flexibility index (Phi) is 4.41. The van der Waals surface area contributed by atoms with E-state index in [0.717, 1.165) is 11.5 Å². The van der Waals surface area contributed by atoms with Crippen molar-refractivity contribution in [2.45, 2.75) is 6.04 Å². The molecule has 2 heterocycles. The summed E-state index contributed by atoms with van der Waals surface area (Å²) in [6.07, 6.45) is 2.27.